The number of esters is 1. The van der Waals surface area contributed by atoms with Crippen LogP contribution in [0.5, 0.6) is 0 Å². The predicted molar refractivity (Wildman–Crippen MR) is 433 cm³/mol. The SMILES string of the molecule is C[C@H]1[C@H](O)[C@@H](C)/C=C/C=C/C=C/C=C/C=C/C=C/C=C/[C@H](O[C@@H]2O[C@H](C)[C@@H](O)[C@H](NC(=O)COCCOCCNC(=O)COCCOCCNC(=O)COCCOCCNC(=O)COCCOCCNC(=O)COCCOCCN)[C@@H]2O)C[C@@H]2O[C@](O)(C[C@@H](O)C[C@@H](O)[C@H](O)CC[C@@H](O)C[C@@H](O)CC(=O)O[C@@H]1C)C[C@H](O)[C@H]2C(=O)N(CCO)CCO. The minimum atomic E-state index is -2.46. The fourth-order valence-corrected chi connectivity index (χ4v) is 12.4. The van der Waals surface area contributed by atoms with E-state index in [0.717, 1.165) is 4.90 Å². The van der Waals surface area contributed by atoms with Gasteiger partial charge in [0.1, 0.15) is 51.3 Å². The van der Waals surface area contributed by atoms with Crippen molar-refractivity contribution in [1.82, 2.24) is 31.5 Å². The van der Waals surface area contributed by atoms with Crippen LogP contribution in [0.25, 0.3) is 0 Å². The Morgan fingerprint density at radius 2 is 0.901 bits per heavy atom. The Morgan fingerprint density at radius 3 is 1.36 bits per heavy atom. The first-order valence-electron chi connectivity index (χ1n) is 41.2. The van der Waals surface area contributed by atoms with Crippen LogP contribution in [-0.4, -0.2) is 396 Å². The molecule has 0 aromatic rings. The van der Waals surface area contributed by atoms with E-state index in [2.05, 4.69) is 26.6 Å². The molecule has 2 bridgehead atoms. The zero-order valence-corrected chi connectivity index (χ0v) is 70.1. The summed E-state index contributed by atoms with van der Waals surface area (Å²) in [5, 5.41) is 146. The molecule has 0 unspecified atom stereocenters. The number of nitrogens with two attached hydrogens (primary N) is 1. The van der Waals surface area contributed by atoms with E-state index in [9.17, 15) is 94.8 Å². The van der Waals surface area contributed by atoms with Gasteiger partial charge in [0.25, 0.3) is 0 Å². The van der Waals surface area contributed by atoms with Gasteiger partial charge < -0.3 is 165 Å². The molecular formula is C81H137N7O33. The van der Waals surface area contributed by atoms with Crippen molar-refractivity contribution in [3.05, 3.63) is 85.1 Å². The first kappa shape index (κ1) is 109. The molecule has 694 valence electrons. The smallest absolute Gasteiger partial charge is 0.308 e. The van der Waals surface area contributed by atoms with Gasteiger partial charge in [-0.05, 0) is 33.1 Å². The fourth-order valence-electron chi connectivity index (χ4n) is 12.4. The molecule has 19 atom stereocenters. The molecule has 40 heteroatoms. The molecular weight excluding hydrogens is 1600 g/mol. The number of hydrogen-bond donors (Lipinski definition) is 18. The highest BCUT2D eigenvalue weighted by molar-refractivity contribution is 5.81. The van der Waals surface area contributed by atoms with Crippen molar-refractivity contribution >= 4 is 41.4 Å². The van der Waals surface area contributed by atoms with Crippen molar-refractivity contribution in [2.75, 3.05) is 191 Å². The predicted octanol–water partition coefficient (Wildman–Crippen LogP) is -4.81. The molecule has 0 radical (unpaired) electrons. The fraction of sp³-hybridized carbons (Fsp3) is 0.741. The molecule has 0 aromatic heterocycles. The van der Waals surface area contributed by atoms with Crippen molar-refractivity contribution in [2.45, 2.75) is 177 Å². The Labute approximate surface area is 707 Å². The topological polar surface area (TPSA) is 581 Å². The lowest BCUT2D eigenvalue weighted by atomic mass is 9.81. The van der Waals surface area contributed by atoms with Gasteiger partial charge in [-0.25, -0.2) is 0 Å². The molecule has 2 saturated heterocycles. The highest BCUT2D eigenvalue weighted by atomic mass is 16.7. The van der Waals surface area contributed by atoms with Crippen molar-refractivity contribution in [3.63, 3.8) is 0 Å². The summed E-state index contributed by atoms with van der Waals surface area (Å²) in [7, 11) is 0. The monoisotopic (exact) mass is 1740 g/mol. The van der Waals surface area contributed by atoms with Crippen molar-refractivity contribution < 1.29 is 161 Å². The summed E-state index contributed by atoms with van der Waals surface area (Å²) < 4.78 is 77.7. The summed E-state index contributed by atoms with van der Waals surface area (Å²) in [4.78, 5) is 89.8. The van der Waals surface area contributed by atoms with Gasteiger partial charge in [-0.1, -0.05) is 98.9 Å². The van der Waals surface area contributed by atoms with Crippen LogP contribution in [0, 0.1) is 17.8 Å². The molecule has 40 nitrogen and oxygen atoms in total. The summed E-state index contributed by atoms with van der Waals surface area (Å²) >= 11 is 0. The Kier molecular flexibility index (Phi) is 59.2. The number of fused-ring (bicyclic) bond motifs is 2. The average molecular weight is 1740 g/mol. The second kappa shape index (κ2) is 66.0. The van der Waals surface area contributed by atoms with Gasteiger partial charge in [-0.2, -0.15) is 0 Å². The number of carbonyl (C=O) groups is 7. The first-order valence-corrected chi connectivity index (χ1v) is 41.2. The van der Waals surface area contributed by atoms with Gasteiger partial charge in [0.2, 0.25) is 35.4 Å². The van der Waals surface area contributed by atoms with E-state index in [1.165, 1.54) is 19.1 Å². The summed E-state index contributed by atoms with van der Waals surface area (Å²) in [5.74, 6) is -8.61. The van der Waals surface area contributed by atoms with Gasteiger partial charge in [0, 0.05) is 83.3 Å². The maximum Gasteiger partial charge on any atom is 0.308 e. The maximum atomic E-state index is 14.4. The van der Waals surface area contributed by atoms with E-state index in [4.69, 9.17) is 72.0 Å². The highest BCUT2D eigenvalue weighted by Gasteiger charge is 2.52. The van der Waals surface area contributed by atoms with Gasteiger partial charge >= 0.3 is 5.97 Å². The zero-order chi connectivity index (χ0) is 89.0. The van der Waals surface area contributed by atoms with Gasteiger partial charge in [-0.15, -0.1) is 0 Å². The minimum Gasteiger partial charge on any atom is -0.462 e. The number of aliphatic hydroxyl groups excluding tert-OH is 11. The van der Waals surface area contributed by atoms with Gasteiger partial charge in [0.15, 0.2) is 12.1 Å². The highest BCUT2D eigenvalue weighted by Crippen LogP contribution is 2.39. The lowest BCUT2D eigenvalue weighted by Gasteiger charge is -2.47. The van der Waals surface area contributed by atoms with Crippen LogP contribution in [0.4, 0.5) is 0 Å². The molecule has 0 spiro atoms. The number of amides is 6. The van der Waals surface area contributed by atoms with Crippen LogP contribution >= 0.6 is 0 Å². The Balaban J connectivity index is 1.49. The summed E-state index contributed by atoms with van der Waals surface area (Å²) in [5.41, 5.74) is 5.33. The number of ether oxygens (including phenoxy) is 14. The summed E-state index contributed by atoms with van der Waals surface area (Å²) in [6.45, 7) is 7.56. The van der Waals surface area contributed by atoms with Crippen LogP contribution in [0.1, 0.15) is 79.1 Å². The van der Waals surface area contributed by atoms with Crippen LogP contribution < -0.4 is 32.3 Å². The molecule has 2 fully saturated rings. The largest absolute Gasteiger partial charge is 0.462 e. The normalized spacial score (nSPS) is 29.6. The third kappa shape index (κ3) is 49.6. The second-order valence-corrected chi connectivity index (χ2v) is 29.0. The Morgan fingerprint density at radius 1 is 0.471 bits per heavy atom. The molecule has 121 heavy (non-hydrogen) atoms. The Bertz CT molecular complexity index is 3060. The first-order chi connectivity index (χ1) is 58.1. The number of hydrogen-bond acceptors (Lipinski definition) is 34. The number of carbonyl (C=O) groups excluding carboxylic acids is 7. The van der Waals surface area contributed by atoms with Crippen molar-refractivity contribution in [3.8, 4) is 0 Å². The molecule has 3 heterocycles. The standard InChI is InChI=1S/C81H137N7O33/c1-56-17-15-13-11-9-7-5-6-8-10-12-14-16-18-63(48-67-74(79(106)88(26-28-89)27-29-90)66(96)50-81(107,121-67)49-62(93)46-65(95)64(94)20-19-60(91)45-61(92)47-73(102)118-58(3)57(2)76(56)103)120-80-78(105)75(77(104)59(4)119-80)87-72(101)55-117-44-39-112-34-25-86-71(100)54-116-43-38-111-33-24-85-70(99)53-115-42-37-110-32-23-84-69(98)52-114-41-36-109-31-22-83-68(97)51-113-40-35-108-30-21-82/h5-18,56-67,74-78,80,89-96,103-105,107H,19-55,82H2,1-4H3,(H,83,97)(H,84,98)(H,85,99)(H,86,100)(H,87,101)/b6-5+,9-7+,10-8+,13-11+,14-12+,17-15+,18-16+/t56-,57+,58+,59+,60+,61+,62-,63-,64+,65+,66-,67-,74+,75-,76+,77+,78-,80-,81+/m0/s1. The number of rotatable bonds is 47. The van der Waals surface area contributed by atoms with Crippen LogP contribution in [0.15, 0.2) is 85.1 Å². The van der Waals surface area contributed by atoms with Gasteiger partial charge in [-0.3, -0.25) is 33.6 Å². The van der Waals surface area contributed by atoms with Crippen molar-refractivity contribution in [1.29, 1.82) is 0 Å². The van der Waals surface area contributed by atoms with Crippen molar-refractivity contribution in [2.24, 2.45) is 23.5 Å². The second-order valence-electron chi connectivity index (χ2n) is 29.0. The maximum absolute atomic E-state index is 14.4. The number of aliphatic hydroxyl groups is 12. The molecule has 3 aliphatic heterocycles. The molecule has 0 aromatic carbocycles. The van der Waals surface area contributed by atoms with Crippen LogP contribution in [-0.2, 0) is 99.9 Å². The molecule has 3 aliphatic rings. The van der Waals surface area contributed by atoms with Crippen LogP contribution in [0.3, 0.4) is 0 Å². The third-order valence-corrected chi connectivity index (χ3v) is 18.9. The third-order valence-electron chi connectivity index (χ3n) is 18.9. The number of allylic oxidation sites excluding steroid dienone is 12. The molecule has 3 rings (SSSR count). The summed E-state index contributed by atoms with van der Waals surface area (Å²) in [6.07, 6.45) is 0.448. The zero-order valence-electron chi connectivity index (χ0n) is 70.1. The van der Waals surface area contributed by atoms with Gasteiger partial charge in [0.05, 0.1) is 192 Å². The molecule has 19 N–H and O–H groups in total. The van der Waals surface area contributed by atoms with E-state index in [1.807, 2.05) is 6.92 Å². The summed E-state index contributed by atoms with van der Waals surface area (Å²) in [6, 6.07) is -1.44. The lowest BCUT2D eigenvalue weighted by Crippen LogP contribution is -2.64. The Hall–Kier alpha value is -6.57. The quantitative estimate of drug-likeness (QED) is 0.0201. The van der Waals surface area contributed by atoms with E-state index in [0.29, 0.717) is 26.3 Å². The molecule has 6 amide bonds. The molecule has 0 aliphatic carbocycles. The van der Waals surface area contributed by atoms with E-state index in [-0.39, 0.29) is 188 Å². The number of nitrogens with zero attached hydrogens (tertiary/aromatic N) is 1. The van der Waals surface area contributed by atoms with E-state index in [1.54, 1.807) is 86.8 Å². The average Bonchev–Trinajstić information content (AvgIpc) is 0.776. The van der Waals surface area contributed by atoms with Crippen LogP contribution in [0.2, 0.25) is 0 Å². The number of cyclic esters (lactones) is 1. The number of nitrogens with one attached hydrogen (secondary N) is 5. The van der Waals surface area contributed by atoms with E-state index >= 15 is 0 Å². The van der Waals surface area contributed by atoms with E-state index < -0.39 is 185 Å². The lowest BCUT2D eigenvalue weighted by molar-refractivity contribution is -0.308. The molecule has 0 saturated carbocycles. The minimum absolute atomic E-state index is 0.000950.